The summed E-state index contributed by atoms with van der Waals surface area (Å²) in [6, 6.07) is 4.57. The van der Waals surface area contributed by atoms with Crippen LogP contribution in [0.3, 0.4) is 0 Å². The third-order valence-corrected chi connectivity index (χ3v) is 3.26. The van der Waals surface area contributed by atoms with Crippen LogP contribution in [0.15, 0.2) is 30.5 Å². The van der Waals surface area contributed by atoms with Crippen LogP contribution >= 0.6 is 0 Å². The first kappa shape index (κ1) is 19.2. The van der Waals surface area contributed by atoms with Crippen LogP contribution in [-0.4, -0.2) is 48.1 Å². The van der Waals surface area contributed by atoms with Gasteiger partial charge in [-0.2, -0.15) is 0 Å². The molecular weight excluding hydrogens is 295 g/mol. The molecule has 1 rings (SSSR count). The summed E-state index contributed by atoms with van der Waals surface area (Å²) in [5.74, 6) is -0.333. The van der Waals surface area contributed by atoms with E-state index in [1.54, 1.807) is 6.07 Å². The van der Waals surface area contributed by atoms with Gasteiger partial charge in [0.05, 0.1) is 6.04 Å². The van der Waals surface area contributed by atoms with Gasteiger partial charge in [-0.3, -0.25) is 4.79 Å². The Bertz CT molecular complexity index is 564. The third kappa shape index (κ3) is 6.41. The van der Waals surface area contributed by atoms with Gasteiger partial charge in [-0.05, 0) is 30.7 Å². The first-order valence-corrected chi connectivity index (χ1v) is 7.29. The Hall–Kier alpha value is -1.87. The van der Waals surface area contributed by atoms with Crippen molar-refractivity contribution in [2.24, 2.45) is 11.5 Å². The second kappa shape index (κ2) is 8.69. The molecule has 7 nitrogen and oxygen atoms in total. The number of amides is 1. The second-order valence-electron chi connectivity index (χ2n) is 5.83. The van der Waals surface area contributed by atoms with Gasteiger partial charge < -0.3 is 31.7 Å². The van der Waals surface area contributed by atoms with Crippen LogP contribution in [0, 0.1) is 0 Å². The van der Waals surface area contributed by atoms with Crippen LogP contribution in [0.4, 0.5) is 0 Å². The molecule has 126 valence electrons. The number of benzene rings is 1. The van der Waals surface area contributed by atoms with Gasteiger partial charge in [0.1, 0.15) is 0 Å². The smallest absolute Gasteiger partial charge is 0.423 e. The average Bonchev–Trinajstić information content (AvgIpc) is 2.44. The van der Waals surface area contributed by atoms with Crippen molar-refractivity contribution in [3.63, 3.8) is 0 Å². The molecule has 1 aromatic carbocycles. The zero-order valence-electron chi connectivity index (χ0n) is 13.6. The summed E-state index contributed by atoms with van der Waals surface area (Å²) in [6.45, 7) is 4.35. The van der Waals surface area contributed by atoms with Crippen molar-refractivity contribution in [1.82, 2.24) is 10.2 Å². The number of nitrogens with zero attached hydrogens (tertiary/aromatic N) is 1. The number of nitrogens with one attached hydrogen (secondary N) is 1. The topological polar surface area (TPSA) is 125 Å². The largest absolute Gasteiger partial charge is 0.488 e. The molecule has 23 heavy (non-hydrogen) atoms. The zero-order chi connectivity index (χ0) is 17.6. The van der Waals surface area contributed by atoms with Gasteiger partial charge in [-0.1, -0.05) is 24.8 Å². The highest BCUT2D eigenvalue weighted by molar-refractivity contribution is 6.59. The summed E-state index contributed by atoms with van der Waals surface area (Å²) in [6.07, 6.45) is 0.216. The Morgan fingerprint density at radius 3 is 2.61 bits per heavy atom. The molecule has 1 unspecified atom stereocenters. The molecule has 1 amide bonds. The number of rotatable bonds is 8. The number of nitrogens with two attached hydrogens (primary N) is 2. The van der Waals surface area contributed by atoms with E-state index in [0.29, 0.717) is 17.7 Å². The average molecular weight is 320 g/mol. The first-order valence-electron chi connectivity index (χ1n) is 7.29. The van der Waals surface area contributed by atoms with Crippen LogP contribution in [-0.2, 0) is 17.9 Å². The van der Waals surface area contributed by atoms with Crippen LogP contribution in [0.2, 0.25) is 0 Å². The molecule has 0 aliphatic rings. The predicted octanol–water partition coefficient (Wildman–Crippen LogP) is -1.77. The van der Waals surface area contributed by atoms with Gasteiger partial charge in [0.2, 0.25) is 5.91 Å². The molecule has 0 aliphatic carbocycles. The summed E-state index contributed by atoms with van der Waals surface area (Å²) >= 11 is 0. The molecule has 0 saturated carbocycles. The second-order valence-corrected chi connectivity index (χ2v) is 5.83. The van der Waals surface area contributed by atoms with E-state index in [0.717, 1.165) is 11.1 Å². The minimum Gasteiger partial charge on any atom is -0.423 e. The lowest BCUT2D eigenvalue weighted by molar-refractivity contribution is -0.122. The quantitative estimate of drug-likeness (QED) is 0.361. The fourth-order valence-electron chi connectivity index (χ4n) is 2.17. The molecule has 0 bridgehead atoms. The molecule has 0 radical (unpaired) electrons. The molecule has 0 spiro atoms. The van der Waals surface area contributed by atoms with Gasteiger partial charge >= 0.3 is 7.12 Å². The van der Waals surface area contributed by atoms with E-state index in [-0.39, 0.29) is 18.9 Å². The highest BCUT2D eigenvalue weighted by atomic mass is 16.4. The molecular formula is C15H25BN4O3. The van der Waals surface area contributed by atoms with E-state index in [4.69, 9.17) is 11.5 Å². The molecule has 7 N–H and O–H groups in total. The summed E-state index contributed by atoms with van der Waals surface area (Å²) < 4.78 is 0. The monoisotopic (exact) mass is 320 g/mol. The normalized spacial score (nSPS) is 12.1. The maximum atomic E-state index is 11.8. The Balaban J connectivity index is 2.76. The summed E-state index contributed by atoms with van der Waals surface area (Å²) in [5.41, 5.74) is 13.5. The molecule has 0 aliphatic heterocycles. The number of carbonyl (C=O) groups is 1. The van der Waals surface area contributed by atoms with Crippen LogP contribution in [0.25, 0.3) is 0 Å². The van der Waals surface area contributed by atoms with E-state index in [1.807, 2.05) is 31.1 Å². The molecule has 8 heteroatoms. The van der Waals surface area contributed by atoms with E-state index in [2.05, 4.69) is 11.9 Å². The lowest BCUT2D eigenvalue weighted by Gasteiger charge is -2.16. The zero-order valence-corrected chi connectivity index (χ0v) is 13.6. The van der Waals surface area contributed by atoms with E-state index >= 15 is 0 Å². The standard InChI is InChI=1S/C15H25BN4O3/c1-10(17)6-14(18)15(21)19-8-11-4-5-12(9-20(2)3)13(7-11)16(22)23/h4-5,7,14,22-23H,1,6,8-9,17-18H2,2-3H3,(H,19,21). The van der Waals surface area contributed by atoms with E-state index < -0.39 is 13.2 Å². The van der Waals surface area contributed by atoms with Gasteiger partial charge in [-0.15, -0.1) is 0 Å². The molecule has 0 heterocycles. The lowest BCUT2D eigenvalue weighted by atomic mass is 9.76. The fraction of sp³-hybridized carbons (Fsp3) is 0.400. The van der Waals surface area contributed by atoms with Crippen molar-refractivity contribution in [3.8, 4) is 0 Å². The number of carbonyl (C=O) groups excluding carboxylic acids is 1. The summed E-state index contributed by atoms with van der Waals surface area (Å²) in [7, 11) is 2.23. The Kier molecular flexibility index (Phi) is 7.24. The van der Waals surface area contributed by atoms with Gasteiger partial charge in [0, 0.05) is 25.2 Å². The molecule has 0 aromatic heterocycles. The fourth-order valence-corrected chi connectivity index (χ4v) is 2.17. The Labute approximate surface area is 137 Å². The lowest BCUT2D eigenvalue weighted by Crippen LogP contribution is -2.41. The number of hydrogen-bond acceptors (Lipinski definition) is 6. The maximum absolute atomic E-state index is 11.8. The Morgan fingerprint density at radius 2 is 2.09 bits per heavy atom. The first-order chi connectivity index (χ1) is 10.7. The van der Waals surface area contributed by atoms with Crippen molar-refractivity contribution in [1.29, 1.82) is 0 Å². The highest BCUT2D eigenvalue weighted by Gasteiger charge is 2.18. The Morgan fingerprint density at radius 1 is 1.43 bits per heavy atom. The van der Waals surface area contributed by atoms with Gasteiger partial charge in [0.25, 0.3) is 0 Å². The van der Waals surface area contributed by atoms with Gasteiger partial charge in [0.15, 0.2) is 0 Å². The van der Waals surface area contributed by atoms with E-state index in [9.17, 15) is 14.8 Å². The molecule has 1 aromatic rings. The molecule has 0 fully saturated rings. The number of hydrogen-bond donors (Lipinski definition) is 5. The van der Waals surface area contributed by atoms with Crippen molar-refractivity contribution in [2.45, 2.75) is 25.6 Å². The molecule has 0 saturated heterocycles. The van der Waals surface area contributed by atoms with Crippen LogP contribution in [0.5, 0.6) is 0 Å². The van der Waals surface area contributed by atoms with Gasteiger partial charge in [-0.25, -0.2) is 0 Å². The van der Waals surface area contributed by atoms with Crippen molar-refractivity contribution in [2.75, 3.05) is 14.1 Å². The maximum Gasteiger partial charge on any atom is 0.488 e. The summed E-state index contributed by atoms with van der Waals surface area (Å²) in [5, 5.41) is 21.7. The molecule has 1 atom stereocenters. The predicted molar refractivity (Wildman–Crippen MR) is 91.4 cm³/mol. The minimum atomic E-state index is -1.57. The van der Waals surface area contributed by atoms with Crippen molar-refractivity contribution >= 4 is 18.5 Å². The van der Waals surface area contributed by atoms with E-state index in [1.165, 1.54) is 0 Å². The third-order valence-electron chi connectivity index (χ3n) is 3.26. The van der Waals surface area contributed by atoms with Crippen molar-refractivity contribution < 1.29 is 14.8 Å². The summed E-state index contributed by atoms with van der Waals surface area (Å²) in [4.78, 5) is 13.8. The highest BCUT2D eigenvalue weighted by Crippen LogP contribution is 2.06. The minimum absolute atomic E-state index is 0.216. The van der Waals surface area contributed by atoms with Crippen LogP contribution in [0.1, 0.15) is 17.5 Å². The van der Waals surface area contributed by atoms with Crippen molar-refractivity contribution in [3.05, 3.63) is 41.6 Å². The SMILES string of the molecule is C=C(N)CC(N)C(=O)NCc1ccc(CN(C)C)c(B(O)O)c1. The van der Waals surface area contributed by atoms with Crippen LogP contribution < -0.4 is 22.2 Å².